The average Bonchev–Trinajstić information content (AvgIpc) is 3.41. The Bertz CT molecular complexity index is 2050. The molecule has 0 unspecified atom stereocenters. The number of likely N-dealkylation sites (tertiary alicyclic amines) is 1. The summed E-state index contributed by atoms with van der Waals surface area (Å²) >= 11 is 20.7. The van der Waals surface area contributed by atoms with Gasteiger partial charge in [0.1, 0.15) is 17.2 Å². The number of alkyl halides is 2. The molecule has 0 radical (unpaired) electrons. The number of anilines is 1. The van der Waals surface area contributed by atoms with Crippen molar-refractivity contribution >= 4 is 64.1 Å². The zero-order chi connectivity index (χ0) is 36.2. The predicted molar refractivity (Wildman–Crippen MR) is 168 cm³/mol. The number of carbonyl (C=O) groups is 4. The van der Waals surface area contributed by atoms with Crippen LogP contribution in [-0.4, -0.2) is 55.0 Å². The number of phenols is 2. The van der Waals surface area contributed by atoms with Gasteiger partial charge in [0.2, 0.25) is 17.6 Å². The number of phenolic OH excluding ortho intramolecular Hbond substituents is 2. The van der Waals surface area contributed by atoms with E-state index in [1.807, 2.05) is 0 Å². The molecule has 260 valence electrons. The van der Waals surface area contributed by atoms with Crippen molar-refractivity contribution in [3.8, 4) is 11.5 Å². The third-order valence-electron chi connectivity index (χ3n) is 10.2. The lowest BCUT2D eigenvalue weighted by molar-refractivity contribution is -0.140. The first-order valence-electron chi connectivity index (χ1n) is 15.1. The molecule has 3 fully saturated rings. The Hall–Kier alpha value is -4.20. The predicted octanol–water partition coefficient (Wildman–Crippen LogP) is 6.25. The summed E-state index contributed by atoms with van der Waals surface area (Å²) in [5, 5.41) is 19.5. The van der Waals surface area contributed by atoms with Gasteiger partial charge in [-0.05, 0) is 60.6 Å². The molecule has 2 saturated heterocycles. The number of hydrogen-bond donors (Lipinski definition) is 2. The van der Waals surface area contributed by atoms with E-state index in [0.717, 1.165) is 11.0 Å². The van der Waals surface area contributed by atoms with Crippen molar-refractivity contribution in [2.24, 2.45) is 17.8 Å². The van der Waals surface area contributed by atoms with Gasteiger partial charge in [-0.3, -0.25) is 24.1 Å². The number of amides is 4. The number of fused-ring (bicyclic) bond motifs is 4. The van der Waals surface area contributed by atoms with Gasteiger partial charge in [-0.25, -0.2) is 26.9 Å². The van der Waals surface area contributed by atoms with E-state index in [2.05, 4.69) is 0 Å². The van der Waals surface area contributed by atoms with Crippen LogP contribution >= 0.6 is 34.8 Å². The van der Waals surface area contributed by atoms with E-state index in [4.69, 9.17) is 34.8 Å². The van der Waals surface area contributed by atoms with Crippen molar-refractivity contribution in [2.45, 2.75) is 34.9 Å². The molecule has 0 aromatic heterocycles. The van der Waals surface area contributed by atoms with Crippen LogP contribution in [0.1, 0.15) is 29.9 Å². The molecule has 8 nitrogen and oxygen atoms in total. The first kappa shape index (κ1) is 34.3. The lowest BCUT2D eigenvalue weighted by Gasteiger charge is -2.50. The second-order valence-corrected chi connectivity index (χ2v) is 14.3. The first-order valence-corrected chi connectivity index (χ1v) is 16.3. The van der Waals surface area contributed by atoms with Gasteiger partial charge in [0.15, 0.2) is 33.0 Å². The van der Waals surface area contributed by atoms with Crippen molar-refractivity contribution in [1.29, 1.82) is 0 Å². The van der Waals surface area contributed by atoms with Crippen molar-refractivity contribution in [3.05, 3.63) is 99.3 Å². The van der Waals surface area contributed by atoms with E-state index in [1.165, 1.54) is 24.3 Å². The molecule has 2 heterocycles. The Balaban J connectivity index is 1.36. The van der Waals surface area contributed by atoms with E-state index in [-0.39, 0.29) is 51.9 Å². The normalized spacial score (nSPS) is 28.9. The maximum absolute atomic E-state index is 15.2. The summed E-state index contributed by atoms with van der Waals surface area (Å²) in [6.07, 6.45) is 1.10. The van der Waals surface area contributed by atoms with E-state index < -0.39 is 98.2 Å². The number of rotatable bonds is 5. The van der Waals surface area contributed by atoms with Crippen LogP contribution in [0.2, 0.25) is 5.02 Å². The first-order chi connectivity index (χ1) is 23.5. The van der Waals surface area contributed by atoms with Gasteiger partial charge in [0.25, 0.3) is 11.8 Å². The lowest BCUT2D eigenvalue weighted by atomic mass is 9.56. The highest BCUT2D eigenvalue weighted by molar-refractivity contribution is 6.58. The van der Waals surface area contributed by atoms with E-state index >= 15 is 8.78 Å². The fourth-order valence-corrected chi connectivity index (χ4v) is 9.06. The minimum atomic E-state index is -2.73. The van der Waals surface area contributed by atoms with Gasteiger partial charge >= 0.3 is 0 Å². The summed E-state index contributed by atoms with van der Waals surface area (Å²) in [5.74, 6) is -21.8. The summed E-state index contributed by atoms with van der Waals surface area (Å²) in [6, 6.07) is 9.65. The summed E-state index contributed by atoms with van der Waals surface area (Å²) in [7, 11) is 0. The molecular weight excluding hydrogens is 734 g/mol. The Kier molecular flexibility index (Phi) is 8.00. The molecular formula is C34H22Cl3F5N2O6. The lowest BCUT2D eigenvalue weighted by Crippen LogP contribution is -2.60. The van der Waals surface area contributed by atoms with Gasteiger partial charge < -0.3 is 10.2 Å². The van der Waals surface area contributed by atoms with Gasteiger partial charge in [0, 0.05) is 17.5 Å². The number of nitrogens with zero attached hydrogens (tertiary/aromatic N) is 2. The molecule has 1 saturated carbocycles. The Morgan fingerprint density at radius 2 is 1.38 bits per heavy atom. The number of aromatic hydroxyl groups is 2. The maximum Gasteiger partial charge on any atom is 0.258 e. The molecule has 3 aromatic carbocycles. The Labute approximate surface area is 294 Å². The Morgan fingerprint density at radius 1 is 0.780 bits per heavy atom. The summed E-state index contributed by atoms with van der Waals surface area (Å²) in [6.45, 7) is -0.0401. The molecule has 3 aromatic rings. The fourth-order valence-electron chi connectivity index (χ4n) is 7.85. The van der Waals surface area contributed by atoms with Gasteiger partial charge in [-0.1, -0.05) is 41.4 Å². The molecule has 0 spiro atoms. The zero-order valence-electron chi connectivity index (χ0n) is 25.2. The number of allylic oxidation sites excluding steroid dienone is 2. The monoisotopic (exact) mass is 754 g/mol. The van der Waals surface area contributed by atoms with Gasteiger partial charge in [-0.15, -0.1) is 23.2 Å². The Morgan fingerprint density at radius 3 is 2.00 bits per heavy atom. The summed E-state index contributed by atoms with van der Waals surface area (Å²) in [4.78, 5) is 51.6. The number of benzene rings is 3. The third kappa shape index (κ3) is 4.55. The number of imide groups is 2. The summed E-state index contributed by atoms with van der Waals surface area (Å²) < 4.78 is 73.1. The zero-order valence-corrected chi connectivity index (χ0v) is 27.5. The van der Waals surface area contributed by atoms with Crippen molar-refractivity contribution in [2.75, 3.05) is 11.4 Å². The third-order valence-corrected chi connectivity index (χ3v) is 11.9. The molecule has 50 heavy (non-hydrogen) atoms. The van der Waals surface area contributed by atoms with E-state index in [0.29, 0.717) is 5.56 Å². The molecule has 2 aliphatic carbocycles. The average molecular weight is 756 g/mol. The highest BCUT2D eigenvalue weighted by atomic mass is 35.5. The van der Waals surface area contributed by atoms with Gasteiger partial charge in [0.05, 0.1) is 11.8 Å². The number of halogens is 8. The molecule has 2 N–H and O–H groups in total. The number of hydrogen-bond acceptors (Lipinski definition) is 6. The molecule has 16 heteroatoms. The molecule has 0 bridgehead atoms. The van der Waals surface area contributed by atoms with Crippen molar-refractivity contribution < 1.29 is 51.3 Å². The van der Waals surface area contributed by atoms with Crippen LogP contribution in [0.5, 0.6) is 11.5 Å². The maximum atomic E-state index is 15.2. The molecule has 4 aliphatic rings. The van der Waals surface area contributed by atoms with Crippen molar-refractivity contribution in [3.63, 3.8) is 0 Å². The molecule has 7 rings (SSSR count). The minimum Gasteiger partial charge on any atom is -0.508 e. The standard InChI is InChI=1S/C34H22Cl3F5N2O6/c35-20-11-15(46)5-6-17(20)22-16-7-8-18-21(30(48)43(29(18)47)10-9-13-1-3-14(45)4-2-13)19(16)12-33(36)31(49)44(32(50)34(22,33)37)28-26(41)24(39)23(38)25(40)27(28)42/h1-7,11,18-19,21-22,45-46H,8-10,12H2/t18-,19+,21-,22+,33+,34-/m0/s1. The quantitative estimate of drug-likeness (QED) is 0.0795. The highest BCUT2D eigenvalue weighted by Gasteiger charge is 2.77. The van der Waals surface area contributed by atoms with Crippen LogP contribution in [-0.2, 0) is 25.6 Å². The fraction of sp³-hybridized carbons (Fsp3) is 0.294. The van der Waals surface area contributed by atoms with Crippen LogP contribution in [0.4, 0.5) is 27.6 Å². The largest absolute Gasteiger partial charge is 0.508 e. The van der Waals surface area contributed by atoms with Crippen LogP contribution in [0, 0.1) is 46.8 Å². The van der Waals surface area contributed by atoms with Gasteiger partial charge in [-0.2, -0.15) is 0 Å². The van der Waals surface area contributed by atoms with Crippen LogP contribution in [0.15, 0.2) is 54.1 Å². The molecule has 2 aliphatic heterocycles. The molecule has 4 amide bonds. The second-order valence-electron chi connectivity index (χ2n) is 12.6. The van der Waals surface area contributed by atoms with Crippen LogP contribution in [0.25, 0.3) is 0 Å². The topological polar surface area (TPSA) is 115 Å². The van der Waals surface area contributed by atoms with Crippen LogP contribution in [0.3, 0.4) is 0 Å². The summed E-state index contributed by atoms with van der Waals surface area (Å²) in [5.41, 5.74) is -0.956. The van der Waals surface area contributed by atoms with E-state index in [1.54, 1.807) is 18.2 Å². The van der Waals surface area contributed by atoms with E-state index in [9.17, 15) is 42.6 Å². The minimum absolute atomic E-state index is 0.0136. The molecule has 6 atom stereocenters. The number of carbonyl (C=O) groups excluding carboxylic acids is 4. The van der Waals surface area contributed by atoms with Crippen LogP contribution < -0.4 is 4.90 Å². The second kappa shape index (κ2) is 11.7. The SMILES string of the molecule is O=C1[C@H]2[C@H](CC=C3[C@H]2C[C@@]2(Cl)C(=O)N(c4c(F)c(F)c(F)c(F)c4F)C(=O)[C@@]2(Cl)[C@H]3c2ccc(O)cc2Cl)C(=O)N1CCc1ccc(O)cc1. The van der Waals surface area contributed by atoms with Crippen molar-refractivity contribution in [1.82, 2.24) is 4.90 Å². The highest BCUT2D eigenvalue weighted by Crippen LogP contribution is 2.66. The smallest absolute Gasteiger partial charge is 0.258 e.